The highest BCUT2D eigenvalue weighted by Gasteiger charge is 2.63. The maximum atomic E-state index is 12.7. The zero-order valence-electron chi connectivity index (χ0n) is 24.1. The Balaban J connectivity index is 0.00000320. The number of hydrogen-bond acceptors (Lipinski definition) is 3. The van der Waals surface area contributed by atoms with Crippen LogP contribution in [-0.4, -0.2) is 66.0 Å². The molecule has 0 aromatic carbocycles. The standard InChI is InChI=1S/C31H54N2O3.HI/c1-21(7-12-29(36)32-15-18-33(4)16-5-6-17-33)25-10-11-26-24-9-8-22-19-23(34)13-14-30(22,2)27(24)20-28(35)31(25,26)3;/h21-28,34-35H,5-20H2,1-4H3;1H/t21-,22?,23-,24?,25-,26?,27?,28+,30+,31-;/m1./s1. The first-order chi connectivity index (χ1) is 17.1. The highest BCUT2D eigenvalue weighted by atomic mass is 127. The second kappa shape index (κ2) is 11.5. The number of halogens is 1. The molecule has 5 aliphatic rings. The van der Waals surface area contributed by atoms with E-state index < -0.39 is 0 Å². The molecule has 0 aromatic rings. The predicted octanol–water partition coefficient (Wildman–Crippen LogP) is 1.75. The molecule has 4 aliphatic carbocycles. The van der Waals surface area contributed by atoms with Crippen LogP contribution in [0, 0.1) is 46.3 Å². The largest absolute Gasteiger partial charge is 1.00 e. The average Bonchev–Trinajstić information content (AvgIpc) is 3.43. The van der Waals surface area contributed by atoms with E-state index in [-0.39, 0.29) is 47.5 Å². The summed E-state index contributed by atoms with van der Waals surface area (Å²) in [6.07, 6.45) is 12.8. The van der Waals surface area contributed by atoms with Crippen LogP contribution in [-0.2, 0) is 4.79 Å². The number of aliphatic hydroxyl groups excluding tert-OH is 2. The number of nitrogens with zero attached hydrogens (tertiary/aromatic N) is 1. The first-order valence-corrected chi connectivity index (χ1v) is 15.5. The molecule has 1 heterocycles. The topological polar surface area (TPSA) is 69.6 Å². The zero-order chi connectivity index (χ0) is 25.7. The second-order valence-corrected chi connectivity index (χ2v) is 14.7. The molecule has 1 aliphatic heterocycles. The quantitative estimate of drug-likeness (QED) is 0.297. The van der Waals surface area contributed by atoms with E-state index in [1.165, 1.54) is 51.6 Å². The molecule has 5 fully saturated rings. The summed E-state index contributed by atoms with van der Waals surface area (Å²) >= 11 is 0. The van der Waals surface area contributed by atoms with Crippen LogP contribution >= 0.6 is 0 Å². The highest BCUT2D eigenvalue weighted by Crippen LogP contribution is 2.68. The van der Waals surface area contributed by atoms with Crippen LogP contribution < -0.4 is 29.3 Å². The van der Waals surface area contributed by atoms with Crippen molar-refractivity contribution in [1.29, 1.82) is 0 Å². The lowest BCUT2D eigenvalue weighted by atomic mass is 9.43. The number of likely N-dealkylation sites (N-methyl/N-ethyl adjacent to an activating group) is 1. The average molecular weight is 631 g/mol. The van der Waals surface area contributed by atoms with E-state index in [0.29, 0.717) is 41.4 Å². The SMILES string of the molecule is C[C@H](CCC(=O)NCC[N+]1(C)CCCC1)[C@H]1CCC2C3CCC4C[C@H](O)CC[C@]4(C)C3C[C@H](O)[C@@]21C.[I-]. The van der Waals surface area contributed by atoms with Crippen molar-refractivity contribution in [2.45, 2.75) is 110 Å². The number of rotatable bonds is 7. The van der Waals surface area contributed by atoms with Crippen molar-refractivity contribution < 1.29 is 43.5 Å². The lowest BCUT2D eigenvalue weighted by Crippen LogP contribution is -3.00. The van der Waals surface area contributed by atoms with Gasteiger partial charge in [0.1, 0.15) is 0 Å². The third kappa shape index (κ3) is 5.53. The third-order valence-electron chi connectivity index (χ3n) is 12.9. The van der Waals surface area contributed by atoms with E-state index in [9.17, 15) is 15.0 Å². The molecular weight excluding hydrogens is 575 g/mol. The maximum absolute atomic E-state index is 12.7. The number of amides is 1. The van der Waals surface area contributed by atoms with E-state index in [1.54, 1.807) is 0 Å². The van der Waals surface area contributed by atoms with Crippen molar-refractivity contribution in [3.8, 4) is 0 Å². The van der Waals surface area contributed by atoms with Crippen molar-refractivity contribution in [3.05, 3.63) is 0 Å². The summed E-state index contributed by atoms with van der Waals surface area (Å²) in [6.45, 7) is 11.6. The number of hydrogen-bond donors (Lipinski definition) is 3. The molecule has 5 nitrogen and oxygen atoms in total. The van der Waals surface area contributed by atoms with E-state index >= 15 is 0 Å². The number of aliphatic hydroxyl groups is 2. The van der Waals surface area contributed by atoms with Gasteiger partial charge in [-0.05, 0) is 104 Å². The summed E-state index contributed by atoms with van der Waals surface area (Å²) in [4.78, 5) is 12.7. The normalized spacial score (nSPS) is 45.2. The van der Waals surface area contributed by atoms with Gasteiger partial charge in [-0.2, -0.15) is 0 Å². The summed E-state index contributed by atoms with van der Waals surface area (Å²) in [5, 5.41) is 25.3. The summed E-state index contributed by atoms with van der Waals surface area (Å²) in [5.74, 6) is 3.77. The zero-order valence-corrected chi connectivity index (χ0v) is 26.2. The molecule has 0 radical (unpaired) electrons. The van der Waals surface area contributed by atoms with Crippen LogP contribution in [0.5, 0.6) is 0 Å². The molecular formula is C31H55IN2O3. The summed E-state index contributed by atoms with van der Waals surface area (Å²) in [7, 11) is 2.32. The smallest absolute Gasteiger partial charge is 0.220 e. The summed E-state index contributed by atoms with van der Waals surface area (Å²) < 4.78 is 1.11. The van der Waals surface area contributed by atoms with Crippen molar-refractivity contribution in [1.82, 2.24) is 5.32 Å². The molecule has 0 aromatic heterocycles. The van der Waals surface area contributed by atoms with Crippen LogP contribution in [0.25, 0.3) is 0 Å². The van der Waals surface area contributed by atoms with Gasteiger partial charge in [-0.15, -0.1) is 0 Å². The Morgan fingerprint density at radius 1 is 1.03 bits per heavy atom. The van der Waals surface area contributed by atoms with Gasteiger partial charge in [0.15, 0.2) is 0 Å². The second-order valence-electron chi connectivity index (χ2n) is 14.7. The summed E-state index contributed by atoms with van der Waals surface area (Å²) in [6, 6.07) is 0. The Hall–Kier alpha value is 0.0800. The number of carbonyl (C=O) groups excluding carboxylic acids is 1. The van der Waals surface area contributed by atoms with Gasteiger partial charge in [0.05, 0.1) is 45.4 Å². The van der Waals surface area contributed by atoms with E-state index in [1.807, 2.05) is 0 Å². The minimum atomic E-state index is -0.236. The minimum absolute atomic E-state index is 0. The van der Waals surface area contributed by atoms with Crippen molar-refractivity contribution in [3.63, 3.8) is 0 Å². The van der Waals surface area contributed by atoms with Crippen molar-refractivity contribution in [2.24, 2.45) is 46.3 Å². The van der Waals surface area contributed by atoms with Crippen LogP contribution in [0.1, 0.15) is 97.8 Å². The molecule has 4 unspecified atom stereocenters. The lowest BCUT2D eigenvalue weighted by molar-refractivity contribution is -0.896. The maximum Gasteiger partial charge on any atom is 0.220 e. The number of nitrogens with one attached hydrogen (secondary N) is 1. The fourth-order valence-electron chi connectivity index (χ4n) is 10.6. The molecule has 1 amide bonds. The Labute approximate surface area is 243 Å². The van der Waals surface area contributed by atoms with E-state index in [4.69, 9.17) is 0 Å². The Bertz CT molecular complexity index is 803. The van der Waals surface area contributed by atoms with Gasteiger partial charge in [-0.3, -0.25) is 4.79 Å². The summed E-state index contributed by atoms with van der Waals surface area (Å²) in [5.41, 5.74) is 0.281. The molecule has 37 heavy (non-hydrogen) atoms. The van der Waals surface area contributed by atoms with Gasteiger partial charge < -0.3 is 44.0 Å². The predicted molar refractivity (Wildman–Crippen MR) is 144 cm³/mol. The molecule has 6 heteroatoms. The van der Waals surface area contributed by atoms with Crippen molar-refractivity contribution >= 4 is 5.91 Å². The first kappa shape index (κ1) is 30.0. The van der Waals surface area contributed by atoms with Gasteiger partial charge in [0.25, 0.3) is 0 Å². The molecule has 1 saturated heterocycles. The molecule has 214 valence electrons. The van der Waals surface area contributed by atoms with Gasteiger partial charge in [-0.1, -0.05) is 20.8 Å². The monoisotopic (exact) mass is 630 g/mol. The molecule has 0 bridgehead atoms. The van der Waals surface area contributed by atoms with E-state index in [2.05, 4.69) is 33.1 Å². The van der Waals surface area contributed by atoms with Crippen LogP contribution in [0.2, 0.25) is 0 Å². The van der Waals surface area contributed by atoms with Gasteiger partial charge in [-0.25, -0.2) is 0 Å². The van der Waals surface area contributed by atoms with Gasteiger partial charge in [0, 0.05) is 19.3 Å². The van der Waals surface area contributed by atoms with Gasteiger partial charge >= 0.3 is 0 Å². The Kier molecular flexibility index (Phi) is 9.36. The number of carbonyl (C=O) groups is 1. The number of quaternary nitrogens is 1. The first-order valence-electron chi connectivity index (χ1n) is 15.5. The molecule has 5 rings (SSSR count). The van der Waals surface area contributed by atoms with E-state index in [0.717, 1.165) is 55.6 Å². The number of fused-ring (bicyclic) bond motifs is 5. The van der Waals surface area contributed by atoms with Crippen LogP contribution in [0.4, 0.5) is 0 Å². The van der Waals surface area contributed by atoms with Crippen molar-refractivity contribution in [2.75, 3.05) is 33.2 Å². The molecule has 10 atom stereocenters. The third-order valence-corrected chi connectivity index (χ3v) is 12.9. The van der Waals surface area contributed by atoms with Crippen LogP contribution in [0.3, 0.4) is 0 Å². The molecule has 0 spiro atoms. The molecule has 4 saturated carbocycles. The fourth-order valence-corrected chi connectivity index (χ4v) is 10.6. The van der Waals surface area contributed by atoms with Gasteiger partial charge in [0.2, 0.25) is 5.91 Å². The minimum Gasteiger partial charge on any atom is -1.00 e. The highest BCUT2D eigenvalue weighted by molar-refractivity contribution is 5.75. The lowest BCUT2D eigenvalue weighted by Gasteiger charge is -2.62. The van der Waals surface area contributed by atoms with Crippen LogP contribution in [0.15, 0.2) is 0 Å². The molecule has 3 N–H and O–H groups in total. The Morgan fingerprint density at radius 3 is 2.49 bits per heavy atom. The fraction of sp³-hybridized carbons (Fsp3) is 0.968. The Morgan fingerprint density at radius 2 is 1.76 bits per heavy atom. The number of likely N-dealkylation sites (tertiary alicyclic amines) is 1.